The maximum absolute atomic E-state index is 14.0. The zero-order valence-corrected chi connectivity index (χ0v) is 22.4. The SMILES string of the molecule is CN1CCN(S(=O)(=O)C(CC2NC(=O)NC2c2cccc(Oc3cnccn3)c2)c2ccccc2Cl)CC1. The van der Waals surface area contributed by atoms with E-state index in [0.717, 1.165) is 5.56 Å². The molecule has 0 saturated carbocycles. The maximum Gasteiger partial charge on any atom is 0.315 e. The second-order valence-corrected chi connectivity index (χ2v) is 11.9. The summed E-state index contributed by atoms with van der Waals surface area (Å²) < 4.78 is 35.4. The van der Waals surface area contributed by atoms with Crippen LogP contribution in [0.25, 0.3) is 0 Å². The van der Waals surface area contributed by atoms with Crippen molar-refractivity contribution in [3.05, 3.63) is 83.3 Å². The molecule has 5 rings (SSSR count). The van der Waals surface area contributed by atoms with Gasteiger partial charge in [-0.15, -0.1) is 0 Å². The van der Waals surface area contributed by atoms with E-state index in [2.05, 4.69) is 25.5 Å². The number of rotatable bonds is 8. The van der Waals surface area contributed by atoms with Gasteiger partial charge >= 0.3 is 6.03 Å². The topological polar surface area (TPSA) is 117 Å². The van der Waals surface area contributed by atoms with Gasteiger partial charge in [-0.25, -0.2) is 18.2 Å². The number of aromatic nitrogens is 2. The molecule has 12 heteroatoms. The lowest BCUT2D eigenvalue weighted by Gasteiger charge is -2.35. The number of carbonyl (C=O) groups is 1. The first kappa shape index (κ1) is 26.4. The number of sulfonamides is 1. The fourth-order valence-electron chi connectivity index (χ4n) is 4.87. The van der Waals surface area contributed by atoms with Crippen LogP contribution in [0.15, 0.2) is 67.1 Å². The van der Waals surface area contributed by atoms with Crippen molar-refractivity contribution in [2.75, 3.05) is 33.2 Å². The zero-order chi connectivity index (χ0) is 26.7. The van der Waals surface area contributed by atoms with Crippen molar-refractivity contribution in [2.24, 2.45) is 0 Å². The molecule has 2 aromatic carbocycles. The molecule has 0 bridgehead atoms. The third kappa shape index (κ3) is 5.75. The largest absolute Gasteiger partial charge is 0.437 e. The van der Waals surface area contributed by atoms with Gasteiger partial charge in [-0.05, 0) is 42.8 Å². The Kier molecular flexibility index (Phi) is 7.80. The molecule has 1 aromatic heterocycles. The Bertz CT molecular complexity index is 1390. The normalized spacial score (nSPS) is 21.5. The third-order valence-corrected chi connectivity index (χ3v) is 9.48. The quantitative estimate of drug-likeness (QED) is 0.437. The number of ether oxygens (including phenoxy) is 1. The molecule has 38 heavy (non-hydrogen) atoms. The highest BCUT2D eigenvalue weighted by atomic mass is 35.5. The number of halogens is 1. The van der Waals surface area contributed by atoms with Gasteiger partial charge in [0, 0.05) is 43.6 Å². The predicted molar refractivity (Wildman–Crippen MR) is 144 cm³/mol. The van der Waals surface area contributed by atoms with Gasteiger partial charge < -0.3 is 20.3 Å². The molecule has 2 amide bonds. The van der Waals surface area contributed by atoms with Crippen molar-refractivity contribution >= 4 is 27.7 Å². The standard InChI is InChI=1S/C26H29ClN6O4S/c1-32-11-13-33(14-12-32)38(35,36)23(20-7-2-3-8-21(20)27)16-22-25(31-26(34)30-22)18-5-4-6-19(15-18)37-24-17-28-9-10-29-24/h2-10,15,17,22-23,25H,11-14,16H2,1H3,(H2,30,31,34). The molecular weight excluding hydrogens is 528 g/mol. The van der Waals surface area contributed by atoms with Crippen LogP contribution in [-0.2, 0) is 10.0 Å². The van der Waals surface area contributed by atoms with Crippen LogP contribution < -0.4 is 15.4 Å². The van der Waals surface area contributed by atoms with Crippen LogP contribution in [0, 0.1) is 0 Å². The Morgan fingerprint density at radius 3 is 2.61 bits per heavy atom. The summed E-state index contributed by atoms with van der Waals surface area (Å²) in [5.41, 5.74) is 1.29. The molecule has 0 spiro atoms. The summed E-state index contributed by atoms with van der Waals surface area (Å²) in [6.45, 7) is 2.11. The van der Waals surface area contributed by atoms with Gasteiger partial charge in [0.15, 0.2) is 0 Å². The lowest BCUT2D eigenvalue weighted by molar-refractivity contribution is 0.220. The van der Waals surface area contributed by atoms with E-state index in [-0.39, 0.29) is 12.5 Å². The van der Waals surface area contributed by atoms with Crippen LogP contribution in [-0.4, -0.2) is 72.9 Å². The monoisotopic (exact) mass is 556 g/mol. The van der Waals surface area contributed by atoms with Crippen LogP contribution in [0.1, 0.15) is 28.8 Å². The molecule has 2 N–H and O–H groups in total. The molecule has 3 aromatic rings. The third-order valence-electron chi connectivity index (χ3n) is 6.89. The molecule has 2 aliphatic heterocycles. The van der Waals surface area contributed by atoms with Gasteiger partial charge in [0.1, 0.15) is 11.0 Å². The molecule has 3 heterocycles. The summed E-state index contributed by atoms with van der Waals surface area (Å²) in [6, 6.07) is 12.9. The first-order valence-corrected chi connectivity index (χ1v) is 14.2. The molecule has 2 fully saturated rings. The number of benzene rings is 2. The van der Waals surface area contributed by atoms with Crippen LogP contribution in [0.5, 0.6) is 11.6 Å². The number of hydrogen-bond acceptors (Lipinski definition) is 7. The van der Waals surface area contributed by atoms with E-state index in [1.54, 1.807) is 42.6 Å². The number of nitrogens with one attached hydrogen (secondary N) is 2. The molecule has 200 valence electrons. The minimum absolute atomic E-state index is 0.136. The number of nitrogens with zero attached hydrogens (tertiary/aromatic N) is 4. The van der Waals surface area contributed by atoms with Crippen LogP contribution in [0.4, 0.5) is 4.79 Å². The van der Waals surface area contributed by atoms with Crippen LogP contribution >= 0.6 is 11.6 Å². The lowest BCUT2D eigenvalue weighted by Crippen LogP contribution is -2.49. The average Bonchev–Trinajstić information content (AvgIpc) is 3.29. The van der Waals surface area contributed by atoms with Crippen molar-refractivity contribution in [3.63, 3.8) is 0 Å². The van der Waals surface area contributed by atoms with Gasteiger partial charge in [-0.3, -0.25) is 4.98 Å². The number of hydrogen-bond donors (Lipinski definition) is 2. The highest BCUT2D eigenvalue weighted by Crippen LogP contribution is 2.38. The van der Waals surface area contributed by atoms with E-state index in [1.807, 2.05) is 19.2 Å². The van der Waals surface area contributed by atoms with Crippen LogP contribution in [0.2, 0.25) is 5.02 Å². The maximum atomic E-state index is 14.0. The van der Waals surface area contributed by atoms with Crippen molar-refractivity contribution < 1.29 is 17.9 Å². The zero-order valence-electron chi connectivity index (χ0n) is 20.8. The van der Waals surface area contributed by atoms with Crippen molar-refractivity contribution in [1.82, 2.24) is 29.8 Å². The minimum Gasteiger partial charge on any atom is -0.437 e. The first-order valence-electron chi connectivity index (χ1n) is 12.3. The number of carbonyl (C=O) groups excluding carboxylic acids is 1. The molecule has 10 nitrogen and oxygen atoms in total. The van der Waals surface area contributed by atoms with E-state index in [4.69, 9.17) is 16.3 Å². The molecule has 0 radical (unpaired) electrons. The van der Waals surface area contributed by atoms with E-state index in [9.17, 15) is 13.2 Å². The summed E-state index contributed by atoms with van der Waals surface area (Å²) in [4.78, 5) is 22.8. The summed E-state index contributed by atoms with van der Waals surface area (Å²) in [5.74, 6) is 0.863. The second-order valence-electron chi connectivity index (χ2n) is 9.41. The molecule has 2 aliphatic rings. The van der Waals surface area contributed by atoms with Gasteiger partial charge in [0.2, 0.25) is 15.9 Å². The summed E-state index contributed by atoms with van der Waals surface area (Å²) in [7, 11) is -1.81. The van der Waals surface area contributed by atoms with Crippen molar-refractivity contribution in [3.8, 4) is 11.6 Å². The molecule has 3 unspecified atom stereocenters. The summed E-state index contributed by atoms with van der Waals surface area (Å²) in [5, 5.41) is 5.30. The Balaban J connectivity index is 1.44. The van der Waals surface area contributed by atoms with Crippen molar-refractivity contribution in [2.45, 2.75) is 23.8 Å². The van der Waals surface area contributed by atoms with E-state index < -0.39 is 27.4 Å². The average molecular weight is 557 g/mol. The van der Waals surface area contributed by atoms with E-state index in [1.165, 1.54) is 16.7 Å². The van der Waals surface area contributed by atoms with Gasteiger partial charge in [-0.2, -0.15) is 4.31 Å². The predicted octanol–water partition coefficient (Wildman–Crippen LogP) is 3.35. The molecule has 0 aliphatic carbocycles. The van der Waals surface area contributed by atoms with E-state index in [0.29, 0.717) is 48.4 Å². The lowest BCUT2D eigenvalue weighted by atomic mass is 9.95. The van der Waals surface area contributed by atoms with Gasteiger partial charge in [-0.1, -0.05) is 41.9 Å². The summed E-state index contributed by atoms with van der Waals surface area (Å²) >= 11 is 6.53. The fraction of sp³-hybridized carbons (Fsp3) is 0.346. The number of likely N-dealkylation sites (N-methyl/N-ethyl adjacent to an activating group) is 1. The smallest absolute Gasteiger partial charge is 0.315 e. The van der Waals surface area contributed by atoms with Gasteiger partial charge in [0.05, 0.1) is 18.3 Å². The Morgan fingerprint density at radius 1 is 1.08 bits per heavy atom. The number of amides is 2. The summed E-state index contributed by atoms with van der Waals surface area (Å²) in [6.07, 6.45) is 4.73. The Morgan fingerprint density at radius 2 is 1.87 bits per heavy atom. The Hall–Kier alpha value is -3.25. The highest BCUT2D eigenvalue weighted by Gasteiger charge is 2.42. The molecular formula is C26H29ClN6O4S. The molecule has 2 saturated heterocycles. The first-order chi connectivity index (χ1) is 18.3. The van der Waals surface area contributed by atoms with Gasteiger partial charge in [0.25, 0.3) is 0 Å². The minimum atomic E-state index is -3.78. The number of urea groups is 1. The fourth-order valence-corrected chi connectivity index (χ4v) is 7.22. The number of piperazine rings is 1. The van der Waals surface area contributed by atoms with Crippen LogP contribution in [0.3, 0.4) is 0 Å². The Labute approximate surface area is 227 Å². The second kappa shape index (κ2) is 11.2. The molecule has 3 atom stereocenters. The highest BCUT2D eigenvalue weighted by molar-refractivity contribution is 7.89. The van der Waals surface area contributed by atoms with Crippen molar-refractivity contribution in [1.29, 1.82) is 0 Å². The van der Waals surface area contributed by atoms with E-state index >= 15 is 0 Å².